The van der Waals surface area contributed by atoms with Crippen LogP contribution < -0.4 is 5.73 Å². The molecule has 22 heavy (non-hydrogen) atoms. The number of nitrogens with two attached hydrogens (primary N) is 1. The molecule has 9 heteroatoms. The van der Waals surface area contributed by atoms with Gasteiger partial charge in [0.1, 0.15) is 0 Å². The van der Waals surface area contributed by atoms with Crippen molar-refractivity contribution in [1.29, 1.82) is 0 Å². The van der Waals surface area contributed by atoms with E-state index in [2.05, 4.69) is 0 Å². The van der Waals surface area contributed by atoms with Crippen LogP contribution in [0.25, 0.3) is 0 Å². The second-order valence-electron chi connectivity index (χ2n) is 4.66. The van der Waals surface area contributed by atoms with Gasteiger partial charge in [-0.15, -0.1) is 0 Å². The largest absolute Gasteiger partial charge is 0.456 e. The van der Waals surface area contributed by atoms with Gasteiger partial charge in [-0.1, -0.05) is 0 Å². The Morgan fingerprint density at radius 2 is 1.55 bits per heavy atom. The Morgan fingerprint density at radius 1 is 1.00 bits per heavy atom. The van der Waals surface area contributed by atoms with E-state index in [4.69, 9.17) is 29.4 Å². The molecule has 9 nitrogen and oxygen atoms in total. The van der Waals surface area contributed by atoms with Crippen LogP contribution >= 0.6 is 0 Å². The molecule has 126 valence electrons. The number of carbonyl (C=O) groups is 3. The van der Waals surface area contributed by atoms with Crippen molar-refractivity contribution < 1.29 is 38.1 Å². The van der Waals surface area contributed by atoms with Crippen LogP contribution in [0.5, 0.6) is 0 Å². The lowest BCUT2D eigenvalue weighted by Gasteiger charge is -2.40. The summed E-state index contributed by atoms with van der Waals surface area (Å²) in [5.41, 5.74) is 5.36. The van der Waals surface area contributed by atoms with Crippen LogP contribution in [0.15, 0.2) is 0 Å². The molecule has 0 aromatic carbocycles. The van der Waals surface area contributed by atoms with E-state index >= 15 is 0 Å². The zero-order valence-electron chi connectivity index (χ0n) is 12.8. The second-order valence-corrected chi connectivity index (χ2v) is 4.66. The predicted molar refractivity (Wildman–Crippen MR) is 71.4 cm³/mol. The first-order valence-electron chi connectivity index (χ1n) is 6.80. The van der Waals surface area contributed by atoms with E-state index in [0.717, 1.165) is 0 Å². The number of rotatable bonds is 6. The van der Waals surface area contributed by atoms with Crippen LogP contribution in [-0.4, -0.2) is 62.3 Å². The van der Waals surface area contributed by atoms with E-state index in [-0.39, 0.29) is 19.8 Å². The summed E-state index contributed by atoms with van der Waals surface area (Å²) >= 11 is 0. The van der Waals surface area contributed by atoms with E-state index < -0.39 is 42.5 Å². The molecule has 1 fully saturated rings. The number of hydrogen-bond donors (Lipinski definition) is 1. The topological polar surface area (TPSA) is 123 Å². The average molecular weight is 319 g/mol. The SMILES string of the molecule is CC(=O)O[C@@H]1[C@@H](OC(C)=O)[C@@H](OCCN)OC[C@H]1OC(C)=O. The third kappa shape index (κ3) is 5.58. The first kappa shape index (κ1) is 18.3. The fourth-order valence-electron chi connectivity index (χ4n) is 2.04. The molecule has 0 bridgehead atoms. The normalized spacial score (nSPS) is 27.8. The quantitative estimate of drug-likeness (QED) is 0.490. The molecule has 2 N–H and O–H groups in total. The highest BCUT2D eigenvalue weighted by Crippen LogP contribution is 2.25. The first-order chi connectivity index (χ1) is 10.3. The molecule has 0 aliphatic carbocycles. The molecular formula is C13H21NO8. The fourth-order valence-corrected chi connectivity index (χ4v) is 2.04. The van der Waals surface area contributed by atoms with Gasteiger partial charge >= 0.3 is 17.9 Å². The average Bonchev–Trinajstić information content (AvgIpc) is 2.40. The second kappa shape index (κ2) is 8.66. The molecule has 1 aliphatic heterocycles. The van der Waals surface area contributed by atoms with Crippen LogP contribution in [0.2, 0.25) is 0 Å². The van der Waals surface area contributed by atoms with Crippen molar-refractivity contribution in [3.8, 4) is 0 Å². The van der Waals surface area contributed by atoms with Crippen LogP contribution in [0.1, 0.15) is 20.8 Å². The van der Waals surface area contributed by atoms with E-state index in [1.165, 1.54) is 20.8 Å². The lowest BCUT2D eigenvalue weighted by atomic mass is 10.0. The van der Waals surface area contributed by atoms with E-state index in [1.54, 1.807) is 0 Å². The van der Waals surface area contributed by atoms with Gasteiger partial charge in [0.05, 0.1) is 13.2 Å². The molecule has 0 unspecified atom stereocenters. The zero-order chi connectivity index (χ0) is 16.7. The van der Waals surface area contributed by atoms with Crippen molar-refractivity contribution in [2.24, 2.45) is 5.73 Å². The molecular weight excluding hydrogens is 298 g/mol. The highest BCUT2D eigenvalue weighted by atomic mass is 16.7. The smallest absolute Gasteiger partial charge is 0.303 e. The number of esters is 3. The van der Waals surface area contributed by atoms with Gasteiger partial charge < -0.3 is 29.4 Å². The highest BCUT2D eigenvalue weighted by molar-refractivity contribution is 5.68. The molecule has 0 aromatic heterocycles. The van der Waals surface area contributed by atoms with Crippen molar-refractivity contribution in [2.45, 2.75) is 45.4 Å². The Kier molecular flexibility index (Phi) is 7.22. The summed E-state index contributed by atoms with van der Waals surface area (Å²) in [6.45, 7) is 3.93. The van der Waals surface area contributed by atoms with Crippen molar-refractivity contribution in [2.75, 3.05) is 19.8 Å². The van der Waals surface area contributed by atoms with Gasteiger partial charge in [-0.25, -0.2) is 0 Å². The van der Waals surface area contributed by atoms with Crippen molar-refractivity contribution >= 4 is 17.9 Å². The molecule has 1 rings (SSSR count). The molecule has 0 saturated carbocycles. The molecule has 0 radical (unpaired) electrons. The van der Waals surface area contributed by atoms with Crippen LogP contribution in [-0.2, 0) is 38.1 Å². The minimum atomic E-state index is -1.06. The number of ether oxygens (including phenoxy) is 5. The summed E-state index contributed by atoms with van der Waals surface area (Å²) < 4.78 is 26.1. The van der Waals surface area contributed by atoms with E-state index in [0.29, 0.717) is 0 Å². The maximum absolute atomic E-state index is 11.3. The maximum Gasteiger partial charge on any atom is 0.303 e. The summed E-state index contributed by atoms with van der Waals surface area (Å²) in [6, 6.07) is 0. The lowest BCUT2D eigenvalue weighted by molar-refractivity contribution is -0.280. The van der Waals surface area contributed by atoms with Crippen molar-refractivity contribution in [3.63, 3.8) is 0 Å². The first-order valence-corrected chi connectivity index (χ1v) is 6.80. The van der Waals surface area contributed by atoms with Crippen LogP contribution in [0.3, 0.4) is 0 Å². The maximum atomic E-state index is 11.3. The van der Waals surface area contributed by atoms with Gasteiger partial charge in [0.2, 0.25) is 0 Å². The summed E-state index contributed by atoms with van der Waals surface area (Å²) in [5, 5.41) is 0. The van der Waals surface area contributed by atoms with Gasteiger partial charge in [0, 0.05) is 27.3 Å². The van der Waals surface area contributed by atoms with Crippen molar-refractivity contribution in [3.05, 3.63) is 0 Å². The third-order valence-corrected chi connectivity index (χ3v) is 2.70. The highest BCUT2D eigenvalue weighted by Gasteiger charge is 2.47. The minimum absolute atomic E-state index is 0.0650. The Hall–Kier alpha value is -1.71. The predicted octanol–water partition coefficient (Wildman–Crippen LogP) is -0.887. The lowest BCUT2D eigenvalue weighted by Crippen LogP contribution is -2.58. The van der Waals surface area contributed by atoms with Crippen LogP contribution in [0.4, 0.5) is 0 Å². The Morgan fingerprint density at radius 3 is 2.05 bits per heavy atom. The molecule has 1 saturated heterocycles. The van der Waals surface area contributed by atoms with Gasteiger partial charge in [-0.05, 0) is 0 Å². The Balaban J connectivity index is 2.95. The summed E-state index contributed by atoms with van der Waals surface area (Å²) in [6.07, 6.45) is -3.96. The monoisotopic (exact) mass is 319 g/mol. The van der Waals surface area contributed by atoms with E-state index in [9.17, 15) is 14.4 Å². The van der Waals surface area contributed by atoms with Crippen LogP contribution in [0, 0.1) is 0 Å². The molecule has 0 spiro atoms. The Bertz CT molecular complexity index is 413. The van der Waals surface area contributed by atoms with E-state index in [1.807, 2.05) is 0 Å². The number of hydrogen-bond acceptors (Lipinski definition) is 9. The van der Waals surface area contributed by atoms with Gasteiger partial charge in [0.15, 0.2) is 24.6 Å². The molecule has 1 heterocycles. The third-order valence-electron chi connectivity index (χ3n) is 2.70. The summed E-state index contributed by atoms with van der Waals surface area (Å²) in [7, 11) is 0. The number of carbonyl (C=O) groups excluding carboxylic acids is 3. The van der Waals surface area contributed by atoms with Gasteiger partial charge in [-0.3, -0.25) is 14.4 Å². The summed E-state index contributed by atoms with van der Waals surface area (Å²) in [5.74, 6) is -1.80. The zero-order valence-corrected chi connectivity index (χ0v) is 12.8. The standard InChI is InChI=1S/C13H21NO8/c1-7(15)20-10-6-19-13(18-5-4-14)12(22-9(3)17)11(10)21-8(2)16/h10-13H,4-6,14H2,1-3H3/t10-,11+,12-,13+/m1/s1. The minimum Gasteiger partial charge on any atom is -0.456 e. The molecule has 4 atom stereocenters. The molecule has 1 aliphatic rings. The van der Waals surface area contributed by atoms with Gasteiger partial charge in [0.25, 0.3) is 0 Å². The van der Waals surface area contributed by atoms with Gasteiger partial charge in [-0.2, -0.15) is 0 Å². The molecule has 0 amide bonds. The molecule has 0 aromatic rings. The van der Waals surface area contributed by atoms with Crippen molar-refractivity contribution in [1.82, 2.24) is 0 Å². The summed E-state index contributed by atoms with van der Waals surface area (Å²) in [4.78, 5) is 33.7. The Labute approximate surface area is 128 Å². The fraction of sp³-hybridized carbons (Fsp3) is 0.769.